The number of ketones is 1. The average molecular weight is 323 g/mol. The molecule has 118 valence electrons. The fraction of sp³-hybridized carbons (Fsp3) is 0.438. The molecule has 0 radical (unpaired) electrons. The van der Waals surface area contributed by atoms with Gasteiger partial charge >= 0.3 is 6.03 Å². The number of hydrogen-bond acceptors (Lipinski definition) is 3. The molecule has 0 unspecified atom stereocenters. The number of amides is 3. The van der Waals surface area contributed by atoms with Gasteiger partial charge in [-0.2, -0.15) is 0 Å². The van der Waals surface area contributed by atoms with Crippen LogP contribution in [0.15, 0.2) is 24.3 Å². The summed E-state index contributed by atoms with van der Waals surface area (Å²) in [6.07, 6.45) is 0.531. The summed E-state index contributed by atoms with van der Waals surface area (Å²) < 4.78 is 0. The topological polar surface area (TPSA) is 66.5 Å². The Hall–Kier alpha value is -1.88. The lowest BCUT2D eigenvalue weighted by Gasteiger charge is -2.23. The second-order valence-corrected chi connectivity index (χ2v) is 6.62. The summed E-state index contributed by atoms with van der Waals surface area (Å²) in [6, 6.07) is 5.84. The Kier molecular flexibility index (Phi) is 4.56. The van der Waals surface area contributed by atoms with Crippen molar-refractivity contribution in [3.05, 3.63) is 34.9 Å². The zero-order valence-corrected chi connectivity index (χ0v) is 13.6. The highest BCUT2D eigenvalue weighted by molar-refractivity contribution is 6.30. The van der Waals surface area contributed by atoms with Crippen molar-refractivity contribution in [2.45, 2.75) is 32.7 Å². The SMILES string of the molecule is CC(C)C[C@@]1(C)NC(=O)N(CC(=O)c2ccc(Cl)cc2)C1=O. The average Bonchev–Trinajstić information content (AvgIpc) is 2.62. The summed E-state index contributed by atoms with van der Waals surface area (Å²) in [5, 5.41) is 3.22. The Morgan fingerprint density at radius 2 is 1.86 bits per heavy atom. The summed E-state index contributed by atoms with van der Waals surface area (Å²) in [7, 11) is 0. The third-order valence-corrected chi connectivity index (χ3v) is 3.88. The minimum atomic E-state index is -0.939. The van der Waals surface area contributed by atoms with Gasteiger partial charge in [0.15, 0.2) is 5.78 Å². The first kappa shape index (κ1) is 16.5. The van der Waals surface area contributed by atoms with Crippen molar-refractivity contribution in [3.8, 4) is 0 Å². The minimum absolute atomic E-state index is 0.251. The van der Waals surface area contributed by atoms with Crippen LogP contribution in [0.3, 0.4) is 0 Å². The first-order valence-corrected chi connectivity index (χ1v) is 7.53. The number of carbonyl (C=O) groups is 3. The van der Waals surface area contributed by atoms with Gasteiger partial charge in [-0.3, -0.25) is 14.5 Å². The maximum atomic E-state index is 12.5. The molecule has 1 fully saturated rings. The number of urea groups is 1. The quantitative estimate of drug-likeness (QED) is 0.669. The van der Waals surface area contributed by atoms with E-state index in [1.807, 2.05) is 13.8 Å². The molecular weight excluding hydrogens is 304 g/mol. The molecule has 1 aliphatic heterocycles. The van der Waals surface area contributed by atoms with Crippen molar-refractivity contribution >= 4 is 29.3 Å². The monoisotopic (exact) mass is 322 g/mol. The lowest BCUT2D eigenvalue weighted by atomic mass is 9.91. The van der Waals surface area contributed by atoms with Gasteiger partial charge in [-0.1, -0.05) is 25.4 Å². The van der Waals surface area contributed by atoms with Gasteiger partial charge in [0, 0.05) is 10.6 Å². The summed E-state index contributed by atoms with van der Waals surface area (Å²) in [5.41, 5.74) is -0.520. The number of halogens is 1. The third kappa shape index (κ3) is 3.30. The molecule has 1 saturated heterocycles. The van der Waals surface area contributed by atoms with Gasteiger partial charge in [-0.15, -0.1) is 0 Å². The van der Waals surface area contributed by atoms with Crippen molar-refractivity contribution in [1.82, 2.24) is 10.2 Å². The molecule has 1 aromatic rings. The molecule has 0 spiro atoms. The molecule has 0 aliphatic carbocycles. The number of carbonyl (C=O) groups excluding carboxylic acids is 3. The maximum Gasteiger partial charge on any atom is 0.325 e. The molecule has 1 atom stereocenters. The fourth-order valence-electron chi connectivity index (χ4n) is 2.72. The highest BCUT2D eigenvalue weighted by Gasteiger charge is 2.48. The first-order chi connectivity index (χ1) is 10.2. The van der Waals surface area contributed by atoms with E-state index in [1.165, 1.54) is 0 Å². The molecule has 6 heteroatoms. The van der Waals surface area contributed by atoms with Crippen molar-refractivity contribution < 1.29 is 14.4 Å². The zero-order chi connectivity index (χ0) is 16.5. The lowest BCUT2D eigenvalue weighted by Crippen LogP contribution is -2.45. The predicted molar refractivity (Wildman–Crippen MR) is 83.9 cm³/mol. The van der Waals surface area contributed by atoms with Crippen molar-refractivity contribution in [2.75, 3.05) is 6.54 Å². The van der Waals surface area contributed by atoms with Crippen LogP contribution in [0.2, 0.25) is 5.02 Å². The van der Waals surface area contributed by atoms with E-state index >= 15 is 0 Å². The van der Waals surface area contributed by atoms with E-state index in [0.29, 0.717) is 17.0 Å². The second-order valence-electron chi connectivity index (χ2n) is 6.18. The van der Waals surface area contributed by atoms with Crippen molar-refractivity contribution in [1.29, 1.82) is 0 Å². The van der Waals surface area contributed by atoms with Crippen LogP contribution in [0.25, 0.3) is 0 Å². The Labute approximate surface area is 134 Å². The van der Waals surface area contributed by atoms with Crippen LogP contribution in [-0.4, -0.2) is 34.7 Å². The largest absolute Gasteiger partial charge is 0.325 e. The van der Waals surface area contributed by atoms with E-state index < -0.39 is 11.6 Å². The molecule has 0 saturated carbocycles. The standard InChI is InChI=1S/C16H19ClN2O3/c1-10(2)8-16(3)14(21)19(15(22)18-16)9-13(20)11-4-6-12(17)7-5-11/h4-7,10H,8-9H2,1-3H3,(H,18,22)/t16-/m1/s1. The van der Waals surface area contributed by atoms with E-state index in [1.54, 1.807) is 31.2 Å². The highest BCUT2D eigenvalue weighted by atomic mass is 35.5. The van der Waals surface area contributed by atoms with Crippen LogP contribution in [0.5, 0.6) is 0 Å². The zero-order valence-electron chi connectivity index (χ0n) is 12.9. The predicted octanol–water partition coefficient (Wildman–Crippen LogP) is 2.88. The molecule has 0 aromatic heterocycles. The van der Waals surface area contributed by atoms with Gasteiger partial charge in [-0.05, 0) is 43.5 Å². The molecular formula is C16H19ClN2O3. The molecule has 1 aromatic carbocycles. The number of benzene rings is 1. The first-order valence-electron chi connectivity index (χ1n) is 7.16. The van der Waals surface area contributed by atoms with Gasteiger partial charge in [0.25, 0.3) is 5.91 Å². The van der Waals surface area contributed by atoms with Crippen LogP contribution in [0, 0.1) is 5.92 Å². The lowest BCUT2D eigenvalue weighted by molar-refractivity contribution is -0.131. The summed E-state index contributed by atoms with van der Waals surface area (Å²) in [4.78, 5) is 37.7. The molecule has 1 heterocycles. The molecule has 1 aliphatic rings. The number of nitrogens with one attached hydrogen (secondary N) is 1. The van der Waals surface area contributed by atoms with Crippen molar-refractivity contribution in [2.24, 2.45) is 5.92 Å². The molecule has 1 N–H and O–H groups in total. The van der Waals surface area contributed by atoms with Gasteiger partial charge in [-0.25, -0.2) is 4.79 Å². The fourth-order valence-corrected chi connectivity index (χ4v) is 2.84. The third-order valence-electron chi connectivity index (χ3n) is 3.63. The molecule has 3 amide bonds. The van der Waals surface area contributed by atoms with Crippen LogP contribution < -0.4 is 5.32 Å². The van der Waals surface area contributed by atoms with E-state index in [4.69, 9.17) is 11.6 Å². The maximum absolute atomic E-state index is 12.5. The normalized spacial score (nSPS) is 21.4. The highest BCUT2D eigenvalue weighted by Crippen LogP contribution is 2.25. The Bertz CT molecular complexity index is 612. The summed E-state index contributed by atoms with van der Waals surface area (Å²) in [6.45, 7) is 5.39. The van der Waals surface area contributed by atoms with Gasteiger partial charge in [0.05, 0.1) is 6.54 Å². The Balaban J connectivity index is 2.13. The number of imide groups is 1. The second kappa shape index (κ2) is 6.08. The van der Waals surface area contributed by atoms with Crippen molar-refractivity contribution in [3.63, 3.8) is 0 Å². The van der Waals surface area contributed by atoms with Gasteiger partial charge in [0.2, 0.25) is 0 Å². The van der Waals surface area contributed by atoms with E-state index in [2.05, 4.69) is 5.32 Å². The van der Waals surface area contributed by atoms with Crippen LogP contribution in [0.1, 0.15) is 37.6 Å². The molecule has 5 nitrogen and oxygen atoms in total. The molecule has 0 bridgehead atoms. The number of hydrogen-bond donors (Lipinski definition) is 1. The smallest absolute Gasteiger partial charge is 0.323 e. The minimum Gasteiger partial charge on any atom is -0.323 e. The van der Waals surface area contributed by atoms with Crippen LogP contribution in [-0.2, 0) is 4.79 Å². The number of rotatable bonds is 5. The van der Waals surface area contributed by atoms with E-state index in [0.717, 1.165) is 4.90 Å². The van der Waals surface area contributed by atoms with E-state index in [9.17, 15) is 14.4 Å². The summed E-state index contributed by atoms with van der Waals surface area (Å²) in [5.74, 6) is -0.399. The molecule has 2 rings (SSSR count). The number of Topliss-reactive ketones (excluding diaryl/α,β-unsaturated/α-hetero) is 1. The van der Waals surface area contributed by atoms with Crippen LogP contribution >= 0.6 is 11.6 Å². The van der Waals surface area contributed by atoms with Crippen LogP contribution in [0.4, 0.5) is 4.79 Å². The Morgan fingerprint density at radius 3 is 2.41 bits per heavy atom. The van der Waals surface area contributed by atoms with E-state index in [-0.39, 0.29) is 24.2 Å². The summed E-state index contributed by atoms with van der Waals surface area (Å²) >= 11 is 5.78. The number of nitrogens with zero attached hydrogens (tertiary/aromatic N) is 1. The Morgan fingerprint density at radius 1 is 1.27 bits per heavy atom. The van der Waals surface area contributed by atoms with Gasteiger partial charge < -0.3 is 5.32 Å². The van der Waals surface area contributed by atoms with Gasteiger partial charge in [0.1, 0.15) is 5.54 Å². The molecule has 22 heavy (non-hydrogen) atoms.